The van der Waals surface area contributed by atoms with Crippen molar-refractivity contribution in [1.29, 1.82) is 0 Å². The average Bonchev–Trinajstić information content (AvgIpc) is 2.39. The van der Waals surface area contributed by atoms with Gasteiger partial charge in [-0.2, -0.15) is 0 Å². The molecule has 2 aromatic carbocycles. The van der Waals surface area contributed by atoms with Gasteiger partial charge in [-0.05, 0) is 30.7 Å². The fraction of sp³-hybridized carbons (Fsp3) is 0.0667. The highest BCUT2D eigenvalue weighted by atomic mass is 32.2. The fourth-order valence-corrected chi connectivity index (χ4v) is 2.19. The summed E-state index contributed by atoms with van der Waals surface area (Å²) in [5, 5.41) is 1.65. The van der Waals surface area contributed by atoms with Crippen LogP contribution in [0.25, 0.3) is 6.08 Å². The molecule has 0 bridgehead atoms. The Kier molecular flexibility index (Phi) is 4.31. The summed E-state index contributed by atoms with van der Waals surface area (Å²) in [5.74, 6) is 0. The third-order valence-corrected chi connectivity index (χ3v) is 3.27. The predicted molar refractivity (Wildman–Crippen MR) is 78.4 cm³/mol. The van der Waals surface area contributed by atoms with Crippen LogP contribution in [-0.4, -0.2) is 4.21 Å². The molecule has 0 radical (unpaired) electrons. The van der Waals surface area contributed by atoms with Gasteiger partial charge in [-0.15, -0.1) is 0 Å². The van der Waals surface area contributed by atoms with Gasteiger partial charge in [0.2, 0.25) is 0 Å². The summed E-state index contributed by atoms with van der Waals surface area (Å²) in [7, 11) is -1.21. The van der Waals surface area contributed by atoms with Crippen LogP contribution in [0.5, 0.6) is 0 Å². The van der Waals surface area contributed by atoms with E-state index in [1.54, 1.807) is 5.41 Å². The maximum absolute atomic E-state index is 11.8. The van der Waals surface area contributed by atoms with Gasteiger partial charge in [0.05, 0.1) is 0 Å². The number of para-hydroxylation sites is 1. The molecule has 2 rings (SSSR count). The van der Waals surface area contributed by atoms with Gasteiger partial charge >= 0.3 is 0 Å². The lowest BCUT2D eigenvalue weighted by atomic mass is 10.2. The molecule has 0 spiro atoms. The lowest BCUT2D eigenvalue weighted by Gasteiger charge is -2.01. The van der Waals surface area contributed by atoms with Crippen LogP contribution in [0.15, 0.2) is 60.0 Å². The van der Waals surface area contributed by atoms with Crippen LogP contribution >= 0.6 is 0 Å². The largest absolute Gasteiger partial charge is 0.302 e. The summed E-state index contributed by atoms with van der Waals surface area (Å²) >= 11 is 0. The predicted octanol–water partition coefficient (Wildman–Crippen LogP) is 3.74. The zero-order chi connectivity index (χ0) is 12.8. The Morgan fingerprint density at radius 2 is 1.67 bits per heavy atom. The highest BCUT2D eigenvalue weighted by Crippen LogP contribution is 2.08. The summed E-state index contributed by atoms with van der Waals surface area (Å²) < 4.78 is 14.7. The van der Waals surface area contributed by atoms with E-state index in [9.17, 15) is 4.21 Å². The van der Waals surface area contributed by atoms with Gasteiger partial charge < -0.3 is 4.72 Å². The fourth-order valence-electron chi connectivity index (χ4n) is 1.47. The molecule has 0 aromatic heterocycles. The van der Waals surface area contributed by atoms with E-state index in [-0.39, 0.29) is 0 Å². The van der Waals surface area contributed by atoms with Gasteiger partial charge in [0.1, 0.15) is 11.0 Å². The van der Waals surface area contributed by atoms with Crippen molar-refractivity contribution in [2.45, 2.75) is 6.92 Å². The molecule has 0 heterocycles. The monoisotopic (exact) mass is 257 g/mol. The third kappa shape index (κ3) is 3.86. The molecule has 1 unspecified atom stereocenters. The first-order valence-electron chi connectivity index (χ1n) is 5.71. The van der Waals surface area contributed by atoms with E-state index in [1.165, 1.54) is 5.56 Å². The van der Waals surface area contributed by atoms with Crippen LogP contribution in [0.3, 0.4) is 0 Å². The van der Waals surface area contributed by atoms with Gasteiger partial charge in [0.15, 0.2) is 0 Å². The summed E-state index contributed by atoms with van der Waals surface area (Å²) in [6.07, 6.45) is 1.85. The summed E-state index contributed by atoms with van der Waals surface area (Å²) in [6.45, 7) is 2.04. The Balaban J connectivity index is 1.97. The molecule has 92 valence electrons. The minimum Gasteiger partial charge on any atom is -0.302 e. The Bertz CT molecular complexity index is 546. The van der Waals surface area contributed by atoms with Gasteiger partial charge in [-0.3, -0.25) is 0 Å². The second-order valence-electron chi connectivity index (χ2n) is 3.98. The summed E-state index contributed by atoms with van der Waals surface area (Å²) in [4.78, 5) is 0. The van der Waals surface area contributed by atoms with Crippen molar-refractivity contribution in [3.8, 4) is 0 Å². The number of benzene rings is 2. The zero-order valence-corrected chi connectivity index (χ0v) is 11.0. The molecular weight excluding hydrogens is 242 g/mol. The number of hydrogen-bond donors (Lipinski definition) is 1. The molecule has 0 saturated carbocycles. The van der Waals surface area contributed by atoms with Crippen LogP contribution in [-0.2, 0) is 11.0 Å². The van der Waals surface area contributed by atoms with Crippen LogP contribution in [0.4, 0.5) is 5.69 Å². The first-order chi connectivity index (χ1) is 8.74. The normalized spacial score (nSPS) is 12.5. The van der Waals surface area contributed by atoms with E-state index in [1.807, 2.05) is 67.6 Å². The second kappa shape index (κ2) is 6.17. The molecule has 0 amide bonds. The van der Waals surface area contributed by atoms with Crippen LogP contribution < -0.4 is 4.72 Å². The molecule has 0 saturated heterocycles. The Morgan fingerprint density at radius 1 is 1.00 bits per heavy atom. The maximum Gasteiger partial charge on any atom is 0.142 e. The van der Waals surface area contributed by atoms with E-state index in [4.69, 9.17) is 0 Å². The minimum absolute atomic E-state index is 0.851. The molecule has 0 fully saturated rings. The molecule has 2 aromatic rings. The topological polar surface area (TPSA) is 29.1 Å². The number of rotatable bonds is 4. The number of aryl methyl sites for hydroxylation is 1. The molecule has 0 aliphatic heterocycles. The Labute approximate surface area is 110 Å². The maximum atomic E-state index is 11.8. The minimum atomic E-state index is -1.21. The first-order valence-corrected chi connectivity index (χ1v) is 6.92. The molecule has 0 aliphatic carbocycles. The van der Waals surface area contributed by atoms with Crippen molar-refractivity contribution < 1.29 is 4.21 Å². The van der Waals surface area contributed by atoms with Crippen LogP contribution in [0.2, 0.25) is 0 Å². The van der Waals surface area contributed by atoms with E-state index in [2.05, 4.69) is 4.72 Å². The molecule has 2 nitrogen and oxygen atoms in total. The molecule has 1 atom stereocenters. The average molecular weight is 257 g/mol. The second-order valence-corrected chi connectivity index (χ2v) is 5.05. The smallest absolute Gasteiger partial charge is 0.142 e. The molecule has 0 aliphatic rings. The van der Waals surface area contributed by atoms with Crippen LogP contribution in [0.1, 0.15) is 11.1 Å². The highest BCUT2D eigenvalue weighted by molar-refractivity contribution is 7.89. The molecule has 1 N–H and O–H groups in total. The van der Waals surface area contributed by atoms with E-state index >= 15 is 0 Å². The van der Waals surface area contributed by atoms with Crippen molar-refractivity contribution >= 4 is 22.7 Å². The summed E-state index contributed by atoms with van der Waals surface area (Å²) in [6, 6.07) is 17.6. The number of anilines is 1. The molecular formula is C15H15NOS. The van der Waals surface area contributed by atoms with E-state index in [0.29, 0.717) is 0 Å². The summed E-state index contributed by atoms with van der Waals surface area (Å²) in [5.41, 5.74) is 3.11. The first kappa shape index (κ1) is 12.6. The molecule has 3 heteroatoms. The van der Waals surface area contributed by atoms with E-state index < -0.39 is 11.0 Å². The van der Waals surface area contributed by atoms with Gasteiger partial charge in [0, 0.05) is 11.1 Å². The van der Waals surface area contributed by atoms with Crippen molar-refractivity contribution in [2.24, 2.45) is 0 Å². The van der Waals surface area contributed by atoms with Crippen molar-refractivity contribution in [3.63, 3.8) is 0 Å². The van der Waals surface area contributed by atoms with Crippen LogP contribution in [0, 0.1) is 6.92 Å². The molecule has 18 heavy (non-hydrogen) atoms. The van der Waals surface area contributed by atoms with Gasteiger partial charge in [-0.25, -0.2) is 4.21 Å². The third-order valence-electron chi connectivity index (χ3n) is 2.45. The highest BCUT2D eigenvalue weighted by Gasteiger charge is 1.94. The van der Waals surface area contributed by atoms with Gasteiger partial charge in [-0.1, -0.05) is 48.0 Å². The Morgan fingerprint density at radius 3 is 2.33 bits per heavy atom. The van der Waals surface area contributed by atoms with Crippen molar-refractivity contribution in [2.75, 3.05) is 4.72 Å². The SMILES string of the molecule is Cc1ccc(C=CS(=O)Nc2ccccc2)cc1. The lowest BCUT2D eigenvalue weighted by molar-refractivity contribution is 0.691. The zero-order valence-electron chi connectivity index (χ0n) is 10.2. The van der Waals surface area contributed by atoms with Gasteiger partial charge in [0.25, 0.3) is 0 Å². The van der Waals surface area contributed by atoms with E-state index in [0.717, 1.165) is 11.3 Å². The lowest BCUT2D eigenvalue weighted by Crippen LogP contribution is -1.99. The standard InChI is InChI=1S/C15H15NOS/c1-13-7-9-14(10-8-13)11-12-18(17)16-15-5-3-2-4-6-15/h2-12,16H,1H3. The van der Waals surface area contributed by atoms with Crippen molar-refractivity contribution in [1.82, 2.24) is 0 Å². The number of hydrogen-bond acceptors (Lipinski definition) is 1. The number of nitrogens with one attached hydrogen (secondary N) is 1. The van der Waals surface area contributed by atoms with Crippen molar-refractivity contribution in [3.05, 3.63) is 71.1 Å². The Hall–Kier alpha value is -1.87. The quantitative estimate of drug-likeness (QED) is 0.888.